The number of halogens is 3. The molecule has 0 amide bonds. The van der Waals surface area contributed by atoms with E-state index in [2.05, 4.69) is 15.9 Å². The molecule has 1 aliphatic rings. The van der Waals surface area contributed by atoms with Crippen molar-refractivity contribution in [1.29, 1.82) is 0 Å². The second kappa shape index (κ2) is 5.68. The van der Waals surface area contributed by atoms with Crippen LogP contribution in [0.1, 0.15) is 12.8 Å². The van der Waals surface area contributed by atoms with E-state index in [9.17, 15) is 12.8 Å². The number of rotatable bonds is 4. The van der Waals surface area contributed by atoms with Crippen LogP contribution in [-0.4, -0.2) is 31.7 Å². The van der Waals surface area contributed by atoms with Gasteiger partial charge in [-0.2, -0.15) is 0 Å². The van der Waals surface area contributed by atoms with Crippen molar-refractivity contribution >= 4 is 37.6 Å². The van der Waals surface area contributed by atoms with Crippen LogP contribution in [0.25, 0.3) is 0 Å². The van der Waals surface area contributed by atoms with Gasteiger partial charge >= 0.3 is 0 Å². The van der Waals surface area contributed by atoms with Crippen molar-refractivity contribution in [2.24, 2.45) is 5.92 Å². The zero-order valence-corrected chi connectivity index (χ0v) is 13.5. The first-order valence-electron chi connectivity index (χ1n) is 5.86. The molecule has 7 heteroatoms. The van der Waals surface area contributed by atoms with E-state index in [-0.39, 0.29) is 16.2 Å². The van der Waals surface area contributed by atoms with Gasteiger partial charge in [0.15, 0.2) is 0 Å². The number of nitrogens with zero attached hydrogens (tertiary/aromatic N) is 1. The van der Waals surface area contributed by atoms with Crippen molar-refractivity contribution in [3.05, 3.63) is 28.5 Å². The molecular weight excluding hydrogens is 357 g/mol. The first-order valence-corrected chi connectivity index (χ1v) is 8.53. The van der Waals surface area contributed by atoms with Crippen molar-refractivity contribution in [2.45, 2.75) is 23.1 Å². The predicted molar refractivity (Wildman–Crippen MR) is 76.3 cm³/mol. The molecule has 0 bridgehead atoms. The molecule has 0 unspecified atom stereocenters. The summed E-state index contributed by atoms with van der Waals surface area (Å²) in [5.41, 5.74) is 0. The SMILES string of the molecule is CN(CC1CC(Cl)C1)S(=O)(=O)c1ccc(Br)cc1F. The summed E-state index contributed by atoms with van der Waals surface area (Å²) in [6.07, 6.45) is 1.62. The van der Waals surface area contributed by atoms with E-state index in [1.165, 1.54) is 23.5 Å². The normalized spacial score (nSPS) is 23.4. The average Bonchev–Trinajstić information content (AvgIpc) is 2.26. The molecule has 19 heavy (non-hydrogen) atoms. The van der Waals surface area contributed by atoms with E-state index in [1.54, 1.807) is 0 Å². The van der Waals surface area contributed by atoms with Crippen LogP contribution in [0.3, 0.4) is 0 Å². The number of benzene rings is 1. The van der Waals surface area contributed by atoms with Gasteiger partial charge in [0.2, 0.25) is 10.0 Å². The van der Waals surface area contributed by atoms with E-state index in [0.717, 1.165) is 18.9 Å². The molecule has 3 nitrogen and oxygen atoms in total. The zero-order chi connectivity index (χ0) is 14.2. The Bertz CT molecular complexity index is 575. The fourth-order valence-electron chi connectivity index (χ4n) is 2.12. The number of alkyl halides is 1. The molecule has 0 N–H and O–H groups in total. The first-order chi connectivity index (χ1) is 8.80. The quantitative estimate of drug-likeness (QED) is 0.763. The predicted octanol–water partition coefficient (Wildman–Crippen LogP) is 3.23. The van der Waals surface area contributed by atoms with Gasteiger partial charge in [-0.05, 0) is 37.0 Å². The highest BCUT2D eigenvalue weighted by Crippen LogP contribution is 2.33. The molecular formula is C12H14BrClFNO2S. The molecule has 0 heterocycles. The summed E-state index contributed by atoms with van der Waals surface area (Å²) < 4.78 is 40.0. The maximum Gasteiger partial charge on any atom is 0.245 e. The molecule has 1 aliphatic carbocycles. The van der Waals surface area contributed by atoms with Crippen LogP contribution in [0.15, 0.2) is 27.6 Å². The molecule has 2 rings (SSSR count). The molecule has 1 fully saturated rings. The lowest BCUT2D eigenvalue weighted by atomic mass is 9.85. The Balaban J connectivity index is 2.16. The molecule has 1 aromatic carbocycles. The molecule has 0 spiro atoms. The second-order valence-electron chi connectivity index (χ2n) is 4.79. The molecule has 0 saturated heterocycles. The highest BCUT2D eigenvalue weighted by molar-refractivity contribution is 9.10. The van der Waals surface area contributed by atoms with E-state index < -0.39 is 15.8 Å². The van der Waals surface area contributed by atoms with E-state index >= 15 is 0 Å². The molecule has 1 saturated carbocycles. The number of hydrogen-bond acceptors (Lipinski definition) is 2. The fraction of sp³-hybridized carbons (Fsp3) is 0.500. The summed E-state index contributed by atoms with van der Waals surface area (Å²) >= 11 is 8.97. The largest absolute Gasteiger partial charge is 0.245 e. The molecule has 0 aromatic heterocycles. The van der Waals surface area contributed by atoms with Crippen molar-refractivity contribution in [1.82, 2.24) is 4.31 Å². The Morgan fingerprint density at radius 2 is 2.11 bits per heavy atom. The fourth-order valence-corrected chi connectivity index (χ4v) is 4.24. The lowest BCUT2D eigenvalue weighted by molar-refractivity contribution is 0.268. The van der Waals surface area contributed by atoms with Gasteiger partial charge in [-0.15, -0.1) is 11.6 Å². The van der Waals surface area contributed by atoms with Gasteiger partial charge in [0.05, 0.1) is 0 Å². The highest BCUT2D eigenvalue weighted by Gasteiger charge is 2.32. The van der Waals surface area contributed by atoms with Gasteiger partial charge in [-0.3, -0.25) is 0 Å². The third-order valence-corrected chi connectivity index (χ3v) is 5.98. The van der Waals surface area contributed by atoms with Gasteiger partial charge in [0.1, 0.15) is 10.7 Å². The van der Waals surface area contributed by atoms with Crippen LogP contribution < -0.4 is 0 Å². The second-order valence-corrected chi connectivity index (χ2v) is 8.34. The maximum atomic E-state index is 13.7. The molecule has 106 valence electrons. The van der Waals surface area contributed by atoms with E-state index in [0.29, 0.717) is 11.0 Å². The topological polar surface area (TPSA) is 37.4 Å². The molecule has 0 radical (unpaired) electrons. The van der Waals surface area contributed by atoms with Crippen LogP contribution >= 0.6 is 27.5 Å². The van der Waals surface area contributed by atoms with Crippen LogP contribution in [0.4, 0.5) is 4.39 Å². The third-order valence-electron chi connectivity index (χ3n) is 3.28. The first kappa shape index (κ1) is 15.2. The summed E-state index contributed by atoms with van der Waals surface area (Å²) in [6, 6.07) is 3.94. The van der Waals surface area contributed by atoms with Crippen molar-refractivity contribution in [3.8, 4) is 0 Å². The zero-order valence-electron chi connectivity index (χ0n) is 10.3. The lowest BCUT2D eigenvalue weighted by Gasteiger charge is -2.33. The average molecular weight is 371 g/mol. The minimum atomic E-state index is -3.78. The van der Waals surface area contributed by atoms with Gasteiger partial charge < -0.3 is 0 Å². The van der Waals surface area contributed by atoms with Gasteiger partial charge in [-0.25, -0.2) is 17.1 Å². The smallest absolute Gasteiger partial charge is 0.207 e. The van der Waals surface area contributed by atoms with Crippen molar-refractivity contribution < 1.29 is 12.8 Å². The summed E-state index contributed by atoms with van der Waals surface area (Å²) in [6.45, 7) is 0.376. The standard InChI is InChI=1S/C12H14BrClFNO2S/c1-16(7-8-4-10(14)5-8)19(17,18)12-3-2-9(13)6-11(12)15/h2-3,6,8,10H,4-5,7H2,1H3. The Hall–Kier alpha value is -0.170. The van der Waals surface area contributed by atoms with Crippen LogP contribution in [-0.2, 0) is 10.0 Å². The summed E-state index contributed by atoms with van der Waals surface area (Å²) in [5.74, 6) is -0.481. The third kappa shape index (κ3) is 3.29. The number of sulfonamides is 1. The van der Waals surface area contributed by atoms with Crippen LogP contribution in [0.5, 0.6) is 0 Å². The molecule has 0 aliphatic heterocycles. The van der Waals surface area contributed by atoms with Crippen molar-refractivity contribution in [3.63, 3.8) is 0 Å². The summed E-state index contributed by atoms with van der Waals surface area (Å²) in [4.78, 5) is -0.292. The molecule has 1 aromatic rings. The minimum absolute atomic E-state index is 0.144. The van der Waals surface area contributed by atoms with Gasteiger partial charge in [0, 0.05) is 23.4 Å². The van der Waals surface area contributed by atoms with Gasteiger partial charge in [0.25, 0.3) is 0 Å². The monoisotopic (exact) mass is 369 g/mol. The number of hydrogen-bond donors (Lipinski definition) is 0. The lowest BCUT2D eigenvalue weighted by Crippen LogP contribution is -2.38. The van der Waals surface area contributed by atoms with Crippen LogP contribution in [0.2, 0.25) is 0 Å². The summed E-state index contributed by atoms with van der Waals surface area (Å²) in [5, 5.41) is 0.144. The van der Waals surface area contributed by atoms with Crippen LogP contribution in [0, 0.1) is 11.7 Å². The Morgan fingerprint density at radius 3 is 2.63 bits per heavy atom. The van der Waals surface area contributed by atoms with Gasteiger partial charge in [-0.1, -0.05) is 15.9 Å². The van der Waals surface area contributed by atoms with E-state index in [4.69, 9.17) is 11.6 Å². The van der Waals surface area contributed by atoms with E-state index in [1.807, 2.05) is 0 Å². The Morgan fingerprint density at radius 1 is 1.47 bits per heavy atom. The Labute approximate surface area is 125 Å². The minimum Gasteiger partial charge on any atom is -0.207 e. The summed E-state index contributed by atoms with van der Waals surface area (Å²) in [7, 11) is -2.31. The maximum absolute atomic E-state index is 13.7. The Kier molecular flexibility index (Phi) is 4.55. The highest BCUT2D eigenvalue weighted by atomic mass is 79.9. The van der Waals surface area contributed by atoms with Crippen molar-refractivity contribution in [2.75, 3.05) is 13.6 Å². The molecule has 0 atom stereocenters.